The molecule has 3 heteroatoms. The summed E-state index contributed by atoms with van der Waals surface area (Å²) in [7, 11) is 2.24. The summed E-state index contributed by atoms with van der Waals surface area (Å²) in [5.41, 5.74) is 1.43. The van der Waals surface area contributed by atoms with E-state index in [4.69, 9.17) is 0 Å². The molecule has 1 fully saturated rings. The molecule has 0 bridgehead atoms. The molecular weight excluding hydrogens is 264 g/mol. The number of hydrogen-bond donors (Lipinski definition) is 0. The summed E-state index contributed by atoms with van der Waals surface area (Å²) in [5.74, 6) is 0. The number of piperazine rings is 1. The number of thiophene rings is 1. The smallest absolute Gasteiger partial charge is 0.0472 e. The molecule has 0 amide bonds. The molecule has 0 spiro atoms. The lowest BCUT2D eigenvalue weighted by Crippen LogP contribution is -2.46. The molecular formula is C17H22N2S. The first-order valence-electron chi connectivity index (χ1n) is 7.25. The quantitative estimate of drug-likeness (QED) is 0.851. The normalized spacial score (nSPS) is 21.2. The molecule has 1 saturated heterocycles. The average molecular weight is 286 g/mol. The van der Waals surface area contributed by atoms with Crippen LogP contribution in [-0.2, 0) is 6.54 Å². The van der Waals surface area contributed by atoms with E-state index in [1.54, 1.807) is 0 Å². The maximum Gasteiger partial charge on any atom is 0.0472 e. The van der Waals surface area contributed by atoms with Crippen molar-refractivity contribution in [2.45, 2.75) is 19.5 Å². The summed E-state index contributed by atoms with van der Waals surface area (Å²) in [6.45, 7) is 6.71. The Morgan fingerprint density at radius 2 is 1.90 bits per heavy atom. The Kier molecular flexibility index (Phi) is 4.20. The molecule has 0 unspecified atom stereocenters. The van der Waals surface area contributed by atoms with Crippen LogP contribution >= 0.6 is 11.3 Å². The van der Waals surface area contributed by atoms with E-state index in [1.165, 1.54) is 15.3 Å². The SMILES string of the molecule is Cc1ccc(CN2CCN(C)[C@H](c3ccccc3)C2)s1. The van der Waals surface area contributed by atoms with Crippen LogP contribution in [0, 0.1) is 6.92 Å². The fraction of sp³-hybridized carbons (Fsp3) is 0.412. The largest absolute Gasteiger partial charge is 0.297 e. The fourth-order valence-corrected chi connectivity index (χ4v) is 3.83. The van der Waals surface area contributed by atoms with E-state index in [1.807, 2.05) is 11.3 Å². The van der Waals surface area contributed by atoms with Crippen LogP contribution < -0.4 is 0 Å². The molecule has 20 heavy (non-hydrogen) atoms. The first kappa shape index (κ1) is 13.8. The molecule has 0 aliphatic carbocycles. The second-order valence-electron chi connectivity index (χ2n) is 5.65. The Morgan fingerprint density at radius 1 is 1.10 bits per heavy atom. The van der Waals surface area contributed by atoms with Crippen LogP contribution in [0.15, 0.2) is 42.5 Å². The first-order valence-corrected chi connectivity index (χ1v) is 8.07. The van der Waals surface area contributed by atoms with E-state index < -0.39 is 0 Å². The van der Waals surface area contributed by atoms with Gasteiger partial charge in [0.15, 0.2) is 0 Å². The van der Waals surface area contributed by atoms with Gasteiger partial charge in [-0.05, 0) is 31.7 Å². The highest BCUT2D eigenvalue weighted by molar-refractivity contribution is 7.11. The van der Waals surface area contributed by atoms with E-state index in [-0.39, 0.29) is 0 Å². The summed E-state index contributed by atoms with van der Waals surface area (Å²) < 4.78 is 0. The highest BCUT2D eigenvalue weighted by Gasteiger charge is 2.25. The van der Waals surface area contributed by atoms with Crippen LogP contribution in [0.4, 0.5) is 0 Å². The van der Waals surface area contributed by atoms with Gasteiger partial charge in [-0.2, -0.15) is 0 Å². The van der Waals surface area contributed by atoms with Crippen molar-refractivity contribution >= 4 is 11.3 Å². The Hall–Kier alpha value is -1.16. The van der Waals surface area contributed by atoms with Crippen LogP contribution in [0.3, 0.4) is 0 Å². The monoisotopic (exact) mass is 286 g/mol. The van der Waals surface area contributed by atoms with E-state index in [2.05, 4.69) is 66.2 Å². The van der Waals surface area contributed by atoms with Gasteiger partial charge in [0.1, 0.15) is 0 Å². The topological polar surface area (TPSA) is 6.48 Å². The molecule has 3 rings (SSSR count). The van der Waals surface area contributed by atoms with Gasteiger partial charge in [-0.15, -0.1) is 11.3 Å². The molecule has 1 aliphatic heterocycles. The number of nitrogens with zero attached hydrogens (tertiary/aromatic N) is 2. The molecule has 0 radical (unpaired) electrons. The molecule has 2 aromatic rings. The number of likely N-dealkylation sites (N-methyl/N-ethyl adjacent to an activating group) is 1. The third kappa shape index (κ3) is 3.11. The summed E-state index contributed by atoms with van der Waals surface area (Å²) >= 11 is 1.92. The highest BCUT2D eigenvalue weighted by atomic mass is 32.1. The van der Waals surface area contributed by atoms with Gasteiger partial charge in [-0.25, -0.2) is 0 Å². The van der Waals surface area contributed by atoms with Gasteiger partial charge in [-0.1, -0.05) is 30.3 Å². The highest BCUT2D eigenvalue weighted by Crippen LogP contribution is 2.26. The summed E-state index contributed by atoms with van der Waals surface area (Å²) in [5, 5.41) is 0. The Bertz CT molecular complexity index is 549. The lowest BCUT2D eigenvalue weighted by atomic mass is 10.0. The van der Waals surface area contributed by atoms with Crippen molar-refractivity contribution in [3.63, 3.8) is 0 Å². The second kappa shape index (κ2) is 6.08. The van der Waals surface area contributed by atoms with Gasteiger partial charge in [0.05, 0.1) is 0 Å². The van der Waals surface area contributed by atoms with Gasteiger partial charge < -0.3 is 0 Å². The van der Waals surface area contributed by atoms with Gasteiger partial charge in [-0.3, -0.25) is 9.80 Å². The maximum atomic E-state index is 2.59. The molecule has 2 nitrogen and oxygen atoms in total. The summed E-state index contributed by atoms with van der Waals surface area (Å²) in [6, 6.07) is 15.9. The molecule has 1 aromatic heterocycles. The first-order chi connectivity index (χ1) is 9.72. The molecule has 1 atom stereocenters. The Labute approximate surface area is 125 Å². The summed E-state index contributed by atoms with van der Waals surface area (Å²) in [6.07, 6.45) is 0. The minimum Gasteiger partial charge on any atom is -0.297 e. The van der Waals surface area contributed by atoms with Crippen molar-refractivity contribution in [3.8, 4) is 0 Å². The van der Waals surface area contributed by atoms with Crippen molar-refractivity contribution in [1.82, 2.24) is 9.80 Å². The van der Waals surface area contributed by atoms with E-state index >= 15 is 0 Å². The zero-order valence-corrected chi connectivity index (χ0v) is 13.1. The van der Waals surface area contributed by atoms with Crippen LogP contribution in [0.2, 0.25) is 0 Å². The van der Waals surface area contributed by atoms with E-state index in [9.17, 15) is 0 Å². The minimum atomic E-state index is 0.519. The summed E-state index contributed by atoms with van der Waals surface area (Å²) in [4.78, 5) is 7.96. The van der Waals surface area contributed by atoms with Gasteiger partial charge >= 0.3 is 0 Å². The molecule has 0 saturated carbocycles. The van der Waals surface area contributed by atoms with Crippen molar-refractivity contribution in [3.05, 3.63) is 57.8 Å². The number of benzene rings is 1. The molecule has 1 aliphatic rings. The van der Waals surface area contributed by atoms with Crippen molar-refractivity contribution in [2.24, 2.45) is 0 Å². The van der Waals surface area contributed by atoms with Crippen LogP contribution in [0.25, 0.3) is 0 Å². The molecule has 0 N–H and O–H groups in total. The predicted molar refractivity (Wildman–Crippen MR) is 86.1 cm³/mol. The maximum absolute atomic E-state index is 2.59. The third-order valence-electron chi connectivity index (χ3n) is 4.09. The van der Waals surface area contributed by atoms with Crippen molar-refractivity contribution in [2.75, 3.05) is 26.7 Å². The fourth-order valence-electron chi connectivity index (χ4n) is 2.90. The molecule has 2 heterocycles. The van der Waals surface area contributed by atoms with Gasteiger partial charge in [0.25, 0.3) is 0 Å². The minimum absolute atomic E-state index is 0.519. The standard InChI is InChI=1S/C17H22N2S/c1-14-8-9-16(20-14)12-19-11-10-18(2)17(13-19)15-6-4-3-5-7-15/h3-9,17H,10-13H2,1-2H3/t17-/m0/s1. The van der Waals surface area contributed by atoms with Gasteiger partial charge in [0.2, 0.25) is 0 Å². The van der Waals surface area contributed by atoms with Crippen LogP contribution in [0.5, 0.6) is 0 Å². The van der Waals surface area contributed by atoms with Gasteiger partial charge in [0, 0.05) is 42.0 Å². The lowest BCUT2D eigenvalue weighted by Gasteiger charge is -2.39. The van der Waals surface area contributed by atoms with Crippen molar-refractivity contribution < 1.29 is 0 Å². The third-order valence-corrected chi connectivity index (χ3v) is 5.08. The molecule has 106 valence electrons. The Balaban J connectivity index is 1.70. The van der Waals surface area contributed by atoms with Crippen molar-refractivity contribution in [1.29, 1.82) is 0 Å². The Morgan fingerprint density at radius 3 is 2.60 bits per heavy atom. The molecule has 1 aromatic carbocycles. The van der Waals surface area contributed by atoms with Crippen LogP contribution in [-0.4, -0.2) is 36.5 Å². The number of aryl methyl sites for hydroxylation is 1. The zero-order valence-electron chi connectivity index (χ0n) is 12.2. The predicted octanol–water partition coefficient (Wildman–Crippen LogP) is 3.55. The average Bonchev–Trinajstić information content (AvgIpc) is 2.87. The number of hydrogen-bond acceptors (Lipinski definition) is 3. The van der Waals surface area contributed by atoms with E-state index in [0.717, 1.165) is 26.2 Å². The zero-order chi connectivity index (χ0) is 13.9. The van der Waals surface area contributed by atoms with E-state index in [0.29, 0.717) is 6.04 Å². The lowest BCUT2D eigenvalue weighted by molar-refractivity contribution is 0.0912. The van der Waals surface area contributed by atoms with Crippen LogP contribution in [0.1, 0.15) is 21.4 Å². The second-order valence-corrected chi connectivity index (χ2v) is 7.03. The number of rotatable bonds is 3.